The maximum atomic E-state index is 6.01. The van der Waals surface area contributed by atoms with Gasteiger partial charge in [-0.15, -0.1) is 0 Å². The topological polar surface area (TPSA) is 26.0 Å². The van der Waals surface area contributed by atoms with E-state index in [2.05, 4.69) is 60.6 Å². The molecule has 0 radical (unpaired) electrons. The molecule has 1 atom stereocenters. The summed E-state index contributed by atoms with van der Waals surface area (Å²) in [7, 11) is 0.865. The fraction of sp³-hybridized carbons (Fsp3) is 0.647. The molecule has 0 aliphatic heterocycles. The molecule has 1 nitrogen and oxygen atoms in total. The standard InChI is InChI=1S/C17H30NP/c1-8-19-15-12(11-18)9-13(16(2,3)4)10-14(15)17(5,6)7/h9-10,19H,8,11,18H2,1-7H3. The number of hydrogen-bond donors (Lipinski definition) is 1. The van der Waals surface area contributed by atoms with Crippen LogP contribution in [0.4, 0.5) is 0 Å². The molecule has 2 heteroatoms. The summed E-state index contributed by atoms with van der Waals surface area (Å²) in [6.07, 6.45) is 1.20. The van der Waals surface area contributed by atoms with Gasteiger partial charge >= 0.3 is 0 Å². The lowest BCUT2D eigenvalue weighted by atomic mass is 9.79. The van der Waals surface area contributed by atoms with E-state index in [4.69, 9.17) is 5.73 Å². The Hall–Kier alpha value is -0.390. The smallest absolute Gasteiger partial charge is 0.0184 e. The zero-order valence-corrected chi connectivity index (χ0v) is 14.6. The largest absolute Gasteiger partial charge is 0.326 e. The van der Waals surface area contributed by atoms with Crippen LogP contribution < -0.4 is 11.0 Å². The van der Waals surface area contributed by atoms with Crippen molar-refractivity contribution >= 4 is 13.9 Å². The third kappa shape index (κ3) is 4.04. The van der Waals surface area contributed by atoms with E-state index in [1.54, 1.807) is 0 Å². The fourth-order valence-corrected chi connectivity index (χ4v) is 3.67. The third-order valence-corrected chi connectivity index (χ3v) is 4.77. The molecule has 1 aromatic rings. The molecule has 2 N–H and O–H groups in total. The first-order valence-corrected chi connectivity index (χ1v) is 8.43. The fourth-order valence-electron chi connectivity index (χ4n) is 2.27. The number of nitrogens with two attached hydrogens (primary N) is 1. The second kappa shape index (κ2) is 5.94. The van der Waals surface area contributed by atoms with Gasteiger partial charge in [0.1, 0.15) is 0 Å². The minimum atomic E-state index is 0.178. The van der Waals surface area contributed by atoms with Crippen LogP contribution in [0.1, 0.15) is 65.2 Å². The van der Waals surface area contributed by atoms with Crippen molar-refractivity contribution in [1.82, 2.24) is 0 Å². The predicted octanol–water partition coefficient (Wildman–Crippen LogP) is 4.06. The summed E-state index contributed by atoms with van der Waals surface area (Å²) in [6.45, 7) is 16.6. The molecular formula is C17H30NP. The molecule has 1 rings (SSSR count). The SMILES string of the molecule is CCPc1c(CN)cc(C(C)(C)C)cc1C(C)(C)C. The number of benzene rings is 1. The predicted molar refractivity (Wildman–Crippen MR) is 90.2 cm³/mol. The van der Waals surface area contributed by atoms with Crippen molar-refractivity contribution in [3.8, 4) is 0 Å². The molecule has 1 unspecified atom stereocenters. The third-order valence-electron chi connectivity index (χ3n) is 3.47. The van der Waals surface area contributed by atoms with Crippen molar-refractivity contribution in [3.05, 3.63) is 28.8 Å². The van der Waals surface area contributed by atoms with E-state index >= 15 is 0 Å². The molecule has 0 spiro atoms. The second-order valence-electron chi connectivity index (χ2n) is 7.29. The first kappa shape index (κ1) is 16.7. The van der Waals surface area contributed by atoms with Crippen molar-refractivity contribution in [2.45, 2.75) is 65.8 Å². The van der Waals surface area contributed by atoms with Crippen LogP contribution >= 0.6 is 8.58 Å². The van der Waals surface area contributed by atoms with Gasteiger partial charge in [0.2, 0.25) is 0 Å². The van der Waals surface area contributed by atoms with Gasteiger partial charge < -0.3 is 5.73 Å². The van der Waals surface area contributed by atoms with Crippen LogP contribution in [0, 0.1) is 0 Å². The highest BCUT2D eigenvalue weighted by Crippen LogP contribution is 2.32. The quantitative estimate of drug-likeness (QED) is 0.829. The summed E-state index contributed by atoms with van der Waals surface area (Å²) >= 11 is 0. The minimum Gasteiger partial charge on any atom is -0.326 e. The summed E-state index contributed by atoms with van der Waals surface area (Å²) in [4.78, 5) is 0. The van der Waals surface area contributed by atoms with Crippen LogP contribution in [-0.4, -0.2) is 6.16 Å². The second-order valence-corrected chi connectivity index (χ2v) is 8.85. The highest BCUT2D eigenvalue weighted by Gasteiger charge is 2.24. The molecule has 0 saturated heterocycles. The van der Waals surface area contributed by atoms with Gasteiger partial charge in [0.05, 0.1) is 0 Å². The molecule has 0 heterocycles. The average Bonchev–Trinajstić information content (AvgIpc) is 2.26. The van der Waals surface area contributed by atoms with Crippen molar-refractivity contribution < 1.29 is 0 Å². The molecule has 0 fully saturated rings. The minimum absolute atomic E-state index is 0.178. The summed E-state index contributed by atoms with van der Waals surface area (Å²) in [5.41, 5.74) is 10.6. The van der Waals surface area contributed by atoms with Gasteiger partial charge in [0.15, 0.2) is 0 Å². The molecular weight excluding hydrogens is 249 g/mol. The van der Waals surface area contributed by atoms with Gasteiger partial charge in [-0.3, -0.25) is 0 Å². The molecule has 1 aromatic carbocycles. The van der Waals surface area contributed by atoms with Gasteiger partial charge in [-0.2, -0.15) is 0 Å². The van der Waals surface area contributed by atoms with E-state index in [0.717, 1.165) is 8.58 Å². The van der Waals surface area contributed by atoms with Crippen molar-refractivity contribution in [2.24, 2.45) is 5.73 Å². The van der Waals surface area contributed by atoms with E-state index in [1.165, 1.54) is 28.2 Å². The molecule has 0 aliphatic rings. The Morgan fingerprint density at radius 1 is 1.00 bits per heavy atom. The van der Waals surface area contributed by atoms with Gasteiger partial charge in [-0.1, -0.05) is 69.2 Å². The van der Waals surface area contributed by atoms with E-state index in [0.29, 0.717) is 6.54 Å². The van der Waals surface area contributed by atoms with Crippen molar-refractivity contribution in [1.29, 1.82) is 0 Å². The van der Waals surface area contributed by atoms with E-state index in [-0.39, 0.29) is 10.8 Å². The Morgan fingerprint density at radius 3 is 1.95 bits per heavy atom. The highest BCUT2D eigenvalue weighted by atomic mass is 31.1. The lowest BCUT2D eigenvalue weighted by Gasteiger charge is -2.29. The number of rotatable bonds is 3. The Balaban J connectivity index is 3.55. The molecule has 19 heavy (non-hydrogen) atoms. The van der Waals surface area contributed by atoms with Crippen molar-refractivity contribution in [3.63, 3.8) is 0 Å². The van der Waals surface area contributed by atoms with Gasteiger partial charge in [-0.25, -0.2) is 0 Å². The lowest BCUT2D eigenvalue weighted by molar-refractivity contribution is 0.570. The van der Waals surface area contributed by atoms with E-state index in [1.807, 2.05) is 0 Å². The first-order chi connectivity index (χ1) is 8.61. The average molecular weight is 279 g/mol. The van der Waals surface area contributed by atoms with Crippen LogP contribution in [0.25, 0.3) is 0 Å². The first-order valence-electron chi connectivity index (χ1n) is 7.23. The van der Waals surface area contributed by atoms with Gasteiger partial charge in [0, 0.05) is 6.54 Å². The molecule has 0 bridgehead atoms. The zero-order valence-electron chi connectivity index (χ0n) is 13.6. The Labute approximate surface area is 121 Å². The van der Waals surface area contributed by atoms with Crippen LogP contribution in [0.2, 0.25) is 0 Å². The Morgan fingerprint density at radius 2 is 1.58 bits per heavy atom. The highest BCUT2D eigenvalue weighted by molar-refractivity contribution is 7.47. The van der Waals surface area contributed by atoms with Crippen LogP contribution in [0.15, 0.2) is 12.1 Å². The van der Waals surface area contributed by atoms with E-state index in [9.17, 15) is 0 Å². The van der Waals surface area contributed by atoms with Crippen LogP contribution in [0.5, 0.6) is 0 Å². The summed E-state index contributed by atoms with van der Waals surface area (Å²) in [6, 6.07) is 4.74. The zero-order chi connectivity index (χ0) is 14.8. The maximum absolute atomic E-state index is 6.01. The Kier molecular flexibility index (Phi) is 5.21. The van der Waals surface area contributed by atoms with Gasteiger partial charge in [0.25, 0.3) is 0 Å². The molecule has 108 valence electrons. The van der Waals surface area contributed by atoms with Crippen molar-refractivity contribution in [2.75, 3.05) is 6.16 Å². The number of hydrogen-bond acceptors (Lipinski definition) is 1. The Bertz CT molecular complexity index is 436. The van der Waals surface area contributed by atoms with Crippen LogP contribution in [-0.2, 0) is 17.4 Å². The van der Waals surface area contributed by atoms with Crippen LogP contribution in [0.3, 0.4) is 0 Å². The van der Waals surface area contributed by atoms with E-state index < -0.39 is 0 Å². The van der Waals surface area contributed by atoms with Gasteiger partial charge in [-0.05, 0) is 39.0 Å². The molecule has 0 aromatic heterocycles. The molecule has 0 amide bonds. The summed E-state index contributed by atoms with van der Waals surface area (Å²) < 4.78 is 0. The monoisotopic (exact) mass is 279 g/mol. The normalized spacial score (nSPS) is 13.5. The summed E-state index contributed by atoms with van der Waals surface area (Å²) in [5, 5.41) is 1.51. The molecule has 0 saturated carbocycles. The lowest BCUT2D eigenvalue weighted by Crippen LogP contribution is -2.26. The maximum Gasteiger partial charge on any atom is 0.0184 e. The molecule has 0 aliphatic carbocycles. The summed E-state index contributed by atoms with van der Waals surface area (Å²) in [5.74, 6) is 0.